The van der Waals surface area contributed by atoms with Crippen molar-refractivity contribution in [1.29, 1.82) is 0 Å². The third-order valence-corrected chi connectivity index (χ3v) is 4.78. The van der Waals surface area contributed by atoms with Crippen LogP contribution in [0.25, 0.3) is 0 Å². The molecule has 130 valence electrons. The molecular formula is C17H32N6. The highest BCUT2D eigenvalue weighted by atomic mass is 15.3. The standard InChI is InChI=1S/C17H32N6/c1-7-18-17(19-10-12(2)22(5)15-8-9-15)20-11-16-13(3)21-23(6)14(16)4/h12,15H,7-11H2,1-6H3,(H2,18,19,20). The molecule has 0 saturated heterocycles. The maximum atomic E-state index is 4.73. The van der Waals surface area contributed by atoms with E-state index in [2.05, 4.69) is 48.5 Å². The fourth-order valence-electron chi connectivity index (χ4n) is 2.78. The molecule has 1 heterocycles. The molecule has 6 heteroatoms. The molecule has 2 N–H and O–H groups in total. The van der Waals surface area contributed by atoms with Crippen LogP contribution in [-0.2, 0) is 13.6 Å². The van der Waals surface area contributed by atoms with Gasteiger partial charge in [0.15, 0.2) is 5.96 Å². The number of nitrogens with one attached hydrogen (secondary N) is 2. The van der Waals surface area contributed by atoms with Gasteiger partial charge in [-0.1, -0.05) is 0 Å². The van der Waals surface area contributed by atoms with Gasteiger partial charge in [-0.15, -0.1) is 0 Å². The van der Waals surface area contributed by atoms with Gasteiger partial charge in [-0.25, -0.2) is 4.99 Å². The average Bonchev–Trinajstić information content (AvgIpc) is 3.32. The highest BCUT2D eigenvalue weighted by Crippen LogP contribution is 2.26. The van der Waals surface area contributed by atoms with Crippen LogP contribution >= 0.6 is 0 Å². The number of nitrogens with zero attached hydrogens (tertiary/aromatic N) is 4. The van der Waals surface area contributed by atoms with E-state index >= 15 is 0 Å². The van der Waals surface area contributed by atoms with Crippen molar-refractivity contribution < 1.29 is 0 Å². The second-order valence-electron chi connectivity index (χ2n) is 6.59. The SMILES string of the molecule is CCNC(=NCc1c(C)nn(C)c1C)NCC(C)N(C)C1CC1. The predicted octanol–water partition coefficient (Wildman–Crippen LogP) is 1.57. The summed E-state index contributed by atoms with van der Waals surface area (Å²) in [7, 11) is 4.20. The molecule has 0 aliphatic heterocycles. The smallest absolute Gasteiger partial charge is 0.191 e. The van der Waals surface area contributed by atoms with Crippen molar-refractivity contribution in [2.75, 3.05) is 20.1 Å². The van der Waals surface area contributed by atoms with Crippen molar-refractivity contribution in [3.63, 3.8) is 0 Å². The van der Waals surface area contributed by atoms with E-state index in [-0.39, 0.29) is 0 Å². The van der Waals surface area contributed by atoms with Crippen molar-refractivity contribution in [1.82, 2.24) is 25.3 Å². The van der Waals surface area contributed by atoms with E-state index in [1.165, 1.54) is 24.1 Å². The predicted molar refractivity (Wildman–Crippen MR) is 95.7 cm³/mol. The molecular weight excluding hydrogens is 288 g/mol. The van der Waals surface area contributed by atoms with E-state index in [0.717, 1.165) is 30.8 Å². The Kier molecular flexibility index (Phi) is 6.04. The maximum Gasteiger partial charge on any atom is 0.191 e. The van der Waals surface area contributed by atoms with Gasteiger partial charge in [0, 0.05) is 43.5 Å². The van der Waals surface area contributed by atoms with E-state index < -0.39 is 0 Å². The first-order valence-electron chi connectivity index (χ1n) is 8.67. The highest BCUT2D eigenvalue weighted by Gasteiger charge is 2.28. The molecule has 23 heavy (non-hydrogen) atoms. The summed E-state index contributed by atoms with van der Waals surface area (Å²) < 4.78 is 1.92. The first kappa shape index (κ1) is 17.8. The van der Waals surface area contributed by atoms with Gasteiger partial charge in [0.25, 0.3) is 0 Å². The van der Waals surface area contributed by atoms with E-state index in [1.54, 1.807) is 0 Å². The minimum atomic E-state index is 0.508. The lowest BCUT2D eigenvalue weighted by molar-refractivity contribution is 0.247. The molecule has 0 amide bonds. The van der Waals surface area contributed by atoms with Crippen LogP contribution in [-0.4, -0.2) is 52.9 Å². The van der Waals surface area contributed by atoms with E-state index in [0.29, 0.717) is 12.6 Å². The number of rotatable bonds is 7. The normalized spacial score (nSPS) is 16.7. The summed E-state index contributed by atoms with van der Waals surface area (Å²) in [6.07, 6.45) is 2.68. The summed E-state index contributed by atoms with van der Waals surface area (Å²) in [6, 6.07) is 1.29. The molecule has 0 radical (unpaired) electrons. The van der Waals surface area contributed by atoms with Crippen LogP contribution in [0.4, 0.5) is 0 Å². The third kappa shape index (κ3) is 4.70. The molecule has 2 rings (SSSR count). The largest absolute Gasteiger partial charge is 0.357 e. The summed E-state index contributed by atoms with van der Waals surface area (Å²) in [5.41, 5.74) is 3.46. The summed E-state index contributed by atoms with van der Waals surface area (Å²) >= 11 is 0. The lowest BCUT2D eigenvalue weighted by Crippen LogP contribution is -2.45. The van der Waals surface area contributed by atoms with Crippen LogP contribution in [0.15, 0.2) is 4.99 Å². The molecule has 0 bridgehead atoms. The van der Waals surface area contributed by atoms with E-state index in [1.807, 2.05) is 18.7 Å². The third-order valence-electron chi connectivity index (χ3n) is 4.78. The molecule has 1 unspecified atom stereocenters. The fourth-order valence-corrected chi connectivity index (χ4v) is 2.78. The van der Waals surface area contributed by atoms with Crippen LogP contribution < -0.4 is 10.6 Å². The first-order chi connectivity index (χ1) is 10.9. The van der Waals surface area contributed by atoms with Gasteiger partial charge < -0.3 is 10.6 Å². The van der Waals surface area contributed by atoms with E-state index in [4.69, 9.17) is 4.99 Å². The topological polar surface area (TPSA) is 57.5 Å². The minimum Gasteiger partial charge on any atom is -0.357 e. The van der Waals surface area contributed by atoms with Crippen LogP contribution in [0.5, 0.6) is 0 Å². The Labute approximate surface area is 140 Å². The van der Waals surface area contributed by atoms with Gasteiger partial charge in [-0.05, 0) is 47.6 Å². The maximum absolute atomic E-state index is 4.73. The molecule has 0 aromatic carbocycles. The molecule has 1 aromatic rings. The first-order valence-corrected chi connectivity index (χ1v) is 8.67. The lowest BCUT2D eigenvalue weighted by atomic mass is 10.2. The van der Waals surface area contributed by atoms with Gasteiger partial charge in [0.05, 0.1) is 12.2 Å². The minimum absolute atomic E-state index is 0.508. The summed E-state index contributed by atoms with van der Waals surface area (Å²) in [5, 5.41) is 11.3. The van der Waals surface area contributed by atoms with Crippen LogP contribution in [0, 0.1) is 13.8 Å². The number of aliphatic imine (C=N–C) groups is 1. The van der Waals surface area contributed by atoms with Crippen molar-refractivity contribution in [3.05, 3.63) is 17.0 Å². The summed E-state index contributed by atoms with van der Waals surface area (Å²) in [6.45, 7) is 10.9. The second kappa shape index (κ2) is 7.81. The van der Waals surface area contributed by atoms with Crippen molar-refractivity contribution in [3.8, 4) is 0 Å². The monoisotopic (exact) mass is 320 g/mol. The van der Waals surface area contributed by atoms with E-state index in [9.17, 15) is 0 Å². The molecule has 1 aliphatic carbocycles. The molecule has 1 atom stereocenters. The lowest BCUT2D eigenvalue weighted by Gasteiger charge is -2.25. The fraction of sp³-hybridized carbons (Fsp3) is 0.765. The number of likely N-dealkylation sites (N-methyl/N-ethyl adjacent to an activating group) is 1. The number of aryl methyl sites for hydroxylation is 2. The zero-order chi connectivity index (χ0) is 17.0. The van der Waals surface area contributed by atoms with Crippen LogP contribution in [0.3, 0.4) is 0 Å². The number of hydrogen-bond donors (Lipinski definition) is 2. The Morgan fingerprint density at radius 2 is 2.09 bits per heavy atom. The average molecular weight is 320 g/mol. The molecule has 6 nitrogen and oxygen atoms in total. The second-order valence-corrected chi connectivity index (χ2v) is 6.59. The quantitative estimate of drug-likeness (QED) is 0.591. The Hall–Kier alpha value is -1.56. The molecule has 1 saturated carbocycles. The number of guanidine groups is 1. The van der Waals surface area contributed by atoms with Gasteiger partial charge >= 0.3 is 0 Å². The van der Waals surface area contributed by atoms with Crippen molar-refractivity contribution >= 4 is 5.96 Å². The zero-order valence-electron chi connectivity index (χ0n) is 15.5. The molecule has 1 aromatic heterocycles. The Morgan fingerprint density at radius 3 is 2.61 bits per heavy atom. The van der Waals surface area contributed by atoms with Crippen LogP contribution in [0.2, 0.25) is 0 Å². The van der Waals surface area contributed by atoms with Gasteiger partial charge in [-0.3, -0.25) is 9.58 Å². The highest BCUT2D eigenvalue weighted by molar-refractivity contribution is 5.79. The van der Waals surface area contributed by atoms with Gasteiger partial charge in [0.2, 0.25) is 0 Å². The Morgan fingerprint density at radius 1 is 1.39 bits per heavy atom. The zero-order valence-corrected chi connectivity index (χ0v) is 15.5. The Bertz CT molecular complexity index is 544. The molecule has 1 fully saturated rings. The number of aromatic nitrogens is 2. The molecule has 1 aliphatic rings. The van der Waals surface area contributed by atoms with Gasteiger partial charge in [-0.2, -0.15) is 5.10 Å². The van der Waals surface area contributed by atoms with Crippen molar-refractivity contribution in [2.45, 2.75) is 59.2 Å². The number of hydrogen-bond acceptors (Lipinski definition) is 3. The Balaban J connectivity index is 1.93. The summed E-state index contributed by atoms with van der Waals surface area (Å²) in [4.78, 5) is 7.20. The van der Waals surface area contributed by atoms with Gasteiger partial charge in [0.1, 0.15) is 0 Å². The van der Waals surface area contributed by atoms with Crippen LogP contribution in [0.1, 0.15) is 43.6 Å². The summed E-state index contributed by atoms with van der Waals surface area (Å²) in [5.74, 6) is 0.881. The molecule has 0 spiro atoms. The van der Waals surface area contributed by atoms with Crippen molar-refractivity contribution in [2.24, 2.45) is 12.0 Å².